The molecule has 0 rings (SSSR count). The van der Waals surface area contributed by atoms with Gasteiger partial charge in [0.25, 0.3) is 0 Å². The van der Waals surface area contributed by atoms with E-state index < -0.39 is 0 Å². The molecule has 0 bridgehead atoms. The molecule has 0 unspecified atom stereocenters. The zero-order chi connectivity index (χ0) is 5.54. The second-order valence-corrected chi connectivity index (χ2v) is 2.05. The van der Waals surface area contributed by atoms with Gasteiger partial charge >= 0.3 is 0 Å². The van der Waals surface area contributed by atoms with Crippen LogP contribution in [-0.2, 0) is 0 Å². The van der Waals surface area contributed by atoms with Crippen molar-refractivity contribution in [2.24, 2.45) is 4.99 Å². The van der Waals surface area contributed by atoms with Gasteiger partial charge in [-0.05, 0) is 13.2 Å². The number of aliphatic imine (C=N–C) groups is 1. The molecule has 0 saturated carbocycles. The molecule has 0 atom stereocenters. The summed E-state index contributed by atoms with van der Waals surface area (Å²) >= 11 is 1.79. The van der Waals surface area contributed by atoms with E-state index in [1.807, 2.05) is 13.1 Å². The Hall–Kier alpha value is 0.0200. The van der Waals surface area contributed by atoms with Crippen molar-refractivity contribution >= 4 is 18.0 Å². The van der Waals surface area contributed by atoms with Crippen LogP contribution in [0.1, 0.15) is 6.92 Å². The van der Waals surface area contributed by atoms with Crippen LogP contribution in [0.15, 0.2) is 4.99 Å². The predicted octanol–water partition coefficient (Wildman–Crippen LogP) is 1.44. The van der Waals surface area contributed by atoms with Crippen LogP contribution in [0, 0.1) is 0 Å². The van der Waals surface area contributed by atoms with Crippen molar-refractivity contribution in [3.8, 4) is 0 Å². The Bertz CT molecular complexity index is 52.0. The Morgan fingerprint density at radius 3 is 2.86 bits per heavy atom. The molecule has 0 aromatic heterocycles. The van der Waals surface area contributed by atoms with Crippen LogP contribution >= 0.6 is 11.8 Å². The smallest absolute Gasteiger partial charge is 0.0357 e. The predicted molar refractivity (Wildman–Crippen MR) is 37.4 cm³/mol. The van der Waals surface area contributed by atoms with Gasteiger partial charge in [-0.15, -0.1) is 0 Å². The van der Waals surface area contributed by atoms with Gasteiger partial charge in [-0.25, -0.2) is 0 Å². The highest BCUT2D eigenvalue weighted by molar-refractivity contribution is 7.99. The van der Waals surface area contributed by atoms with Crippen molar-refractivity contribution in [1.29, 1.82) is 0 Å². The average Bonchev–Trinajstić information content (AvgIpc) is 1.69. The minimum atomic E-state index is 0.917. The molecule has 0 aliphatic carbocycles. The summed E-state index contributed by atoms with van der Waals surface area (Å²) in [6.07, 6.45) is 4.02. The molecule has 0 spiro atoms. The third-order valence-corrected chi connectivity index (χ3v) is 1.04. The summed E-state index contributed by atoms with van der Waals surface area (Å²) in [6, 6.07) is 0. The van der Waals surface area contributed by atoms with Crippen molar-refractivity contribution in [3.05, 3.63) is 0 Å². The normalized spacial score (nSPS) is 10.6. The van der Waals surface area contributed by atoms with E-state index in [2.05, 4.69) is 11.2 Å². The number of thioether (sulfide) groups is 1. The molecule has 0 amide bonds. The van der Waals surface area contributed by atoms with Crippen LogP contribution in [-0.4, -0.2) is 24.8 Å². The summed E-state index contributed by atoms with van der Waals surface area (Å²) in [4.78, 5) is 4.02. The number of hydrogen-bond acceptors (Lipinski definition) is 2. The lowest BCUT2D eigenvalue weighted by Gasteiger charge is -1.80. The van der Waals surface area contributed by atoms with Crippen molar-refractivity contribution < 1.29 is 0 Å². The minimum Gasteiger partial charge on any atom is -0.297 e. The first-order chi connectivity index (χ1) is 3.41. The van der Waals surface area contributed by atoms with Crippen molar-refractivity contribution in [2.75, 3.05) is 18.6 Å². The molecule has 0 aromatic carbocycles. The highest BCUT2D eigenvalue weighted by Gasteiger charge is 1.68. The maximum absolute atomic E-state index is 4.02. The molecular weight excluding hydrogens is 106 g/mol. The number of nitrogens with zero attached hydrogens (tertiary/aromatic N) is 1. The summed E-state index contributed by atoms with van der Waals surface area (Å²) in [5.74, 6) is 1.05. The van der Waals surface area contributed by atoms with Crippen LogP contribution in [0.4, 0.5) is 0 Å². The van der Waals surface area contributed by atoms with E-state index in [-0.39, 0.29) is 0 Å². The van der Waals surface area contributed by atoms with Crippen molar-refractivity contribution in [3.63, 3.8) is 0 Å². The van der Waals surface area contributed by atoms with Crippen LogP contribution in [0.5, 0.6) is 0 Å². The van der Waals surface area contributed by atoms with Gasteiger partial charge in [-0.1, -0.05) is 0 Å². The molecule has 2 heteroatoms. The van der Waals surface area contributed by atoms with E-state index in [1.54, 1.807) is 11.8 Å². The van der Waals surface area contributed by atoms with Gasteiger partial charge in [0, 0.05) is 18.5 Å². The molecule has 0 aliphatic heterocycles. The molecule has 42 valence electrons. The second kappa shape index (κ2) is 6.02. The molecule has 0 fully saturated rings. The highest BCUT2D eigenvalue weighted by atomic mass is 32.2. The third kappa shape index (κ3) is 6.02. The highest BCUT2D eigenvalue weighted by Crippen LogP contribution is 1.84. The number of rotatable bonds is 3. The van der Waals surface area contributed by atoms with E-state index in [0.717, 1.165) is 12.3 Å². The molecule has 7 heavy (non-hydrogen) atoms. The Morgan fingerprint density at radius 2 is 2.43 bits per heavy atom. The average molecular weight is 117 g/mol. The van der Waals surface area contributed by atoms with Gasteiger partial charge in [0.1, 0.15) is 0 Å². The summed E-state index contributed by atoms with van der Waals surface area (Å²) in [5.41, 5.74) is 0. The summed E-state index contributed by atoms with van der Waals surface area (Å²) in [5, 5.41) is 0. The molecule has 1 nitrogen and oxygen atoms in total. The Kier molecular flexibility index (Phi) is 6.04. The zero-order valence-corrected chi connectivity index (χ0v) is 5.66. The van der Waals surface area contributed by atoms with E-state index in [1.165, 1.54) is 0 Å². The summed E-state index contributed by atoms with van der Waals surface area (Å²) < 4.78 is 0. The molecular formula is C5H11NS. The molecule has 0 saturated heterocycles. The first kappa shape index (κ1) is 7.02. The maximum Gasteiger partial charge on any atom is 0.0357 e. The fourth-order valence-corrected chi connectivity index (χ4v) is 0.511. The topological polar surface area (TPSA) is 12.4 Å². The number of hydrogen-bond donors (Lipinski definition) is 0. The molecule has 0 aromatic rings. The zero-order valence-electron chi connectivity index (χ0n) is 4.85. The third-order valence-electron chi connectivity index (χ3n) is 0.553. The van der Waals surface area contributed by atoms with Gasteiger partial charge < -0.3 is 0 Å². The summed E-state index contributed by atoms with van der Waals surface area (Å²) in [6.45, 7) is 2.96. The first-order valence-electron chi connectivity index (χ1n) is 2.39. The van der Waals surface area contributed by atoms with Gasteiger partial charge in [-0.3, -0.25) is 4.99 Å². The van der Waals surface area contributed by atoms with Crippen molar-refractivity contribution in [1.82, 2.24) is 0 Å². The van der Waals surface area contributed by atoms with Crippen LogP contribution in [0.3, 0.4) is 0 Å². The fraction of sp³-hybridized carbons (Fsp3) is 0.800. The van der Waals surface area contributed by atoms with Crippen LogP contribution in [0.25, 0.3) is 0 Å². The lowest BCUT2D eigenvalue weighted by Crippen LogP contribution is -1.77. The van der Waals surface area contributed by atoms with E-state index in [4.69, 9.17) is 0 Å². The van der Waals surface area contributed by atoms with E-state index >= 15 is 0 Å². The Labute approximate surface area is 49.2 Å². The Balaban J connectivity index is 2.78. The van der Waals surface area contributed by atoms with Gasteiger partial charge in [0.2, 0.25) is 0 Å². The van der Waals surface area contributed by atoms with Crippen LogP contribution in [0.2, 0.25) is 0 Å². The fourth-order valence-electron chi connectivity index (χ4n) is 0.256. The van der Waals surface area contributed by atoms with Crippen molar-refractivity contribution in [2.45, 2.75) is 6.92 Å². The SMILES string of the molecule is CCN=CCSC. The lowest BCUT2D eigenvalue weighted by molar-refractivity contribution is 1.14. The quantitative estimate of drug-likeness (QED) is 0.509. The minimum absolute atomic E-state index is 0.917. The molecule has 0 heterocycles. The van der Waals surface area contributed by atoms with E-state index in [9.17, 15) is 0 Å². The molecule has 0 N–H and O–H groups in total. The van der Waals surface area contributed by atoms with Gasteiger partial charge in [0.15, 0.2) is 0 Å². The maximum atomic E-state index is 4.02. The van der Waals surface area contributed by atoms with E-state index in [0.29, 0.717) is 0 Å². The standard InChI is InChI=1S/C5H11NS/c1-3-6-4-5-7-2/h4H,3,5H2,1-2H3. The monoisotopic (exact) mass is 117 g/mol. The van der Waals surface area contributed by atoms with Gasteiger partial charge in [-0.2, -0.15) is 11.8 Å². The van der Waals surface area contributed by atoms with Crippen LogP contribution < -0.4 is 0 Å². The molecule has 0 radical (unpaired) electrons. The van der Waals surface area contributed by atoms with Gasteiger partial charge in [0.05, 0.1) is 0 Å². The Morgan fingerprint density at radius 1 is 1.71 bits per heavy atom. The molecule has 0 aliphatic rings. The second-order valence-electron chi connectivity index (χ2n) is 1.14. The lowest BCUT2D eigenvalue weighted by atomic mass is 10.7. The largest absolute Gasteiger partial charge is 0.297 e. The summed E-state index contributed by atoms with van der Waals surface area (Å²) in [7, 11) is 0. The first-order valence-corrected chi connectivity index (χ1v) is 3.78.